The Morgan fingerprint density at radius 1 is 1.11 bits per heavy atom. The minimum absolute atomic E-state index is 0.0325. The van der Waals surface area contributed by atoms with E-state index in [4.69, 9.17) is 55.6 Å². The molecular formula is C30H24B6ClFN6O3. The summed E-state index contributed by atoms with van der Waals surface area (Å²) in [6, 6.07) is 12.7. The summed E-state index contributed by atoms with van der Waals surface area (Å²) in [6.07, 6.45) is 2.50. The Morgan fingerprint density at radius 2 is 1.83 bits per heavy atom. The quantitative estimate of drug-likeness (QED) is 0.245. The van der Waals surface area contributed by atoms with E-state index in [0.29, 0.717) is 57.2 Å². The van der Waals surface area contributed by atoms with Gasteiger partial charge in [-0.05, 0) is 53.0 Å². The monoisotopic (exact) mass is 636 g/mol. The first-order valence-corrected chi connectivity index (χ1v) is 14.9. The van der Waals surface area contributed by atoms with Crippen molar-refractivity contribution in [1.29, 1.82) is 0 Å². The van der Waals surface area contributed by atoms with Crippen LogP contribution in [-0.4, -0.2) is 80.9 Å². The minimum atomic E-state index is -1.80. The predicted octanol–water partition coefficient (Wildman–Crippen LogP) is 2.00. The van der Waals surface area contributed by atoms with E-state index in [0.717, 1.165) is 5.56 Å². The van der Waals surface area contributed by atoms with Gasteiger partial charge in [-0.1, -0.05) is 35.9 Å². The summed E-state index contributed by atoms with van der Waals surface area (Å²) in [7, 11) is 32.1. The van der Waals surface area contributed by atoms with Crippen LogP contribution in [-0.2, 0) is 25.4 Å². The van der Waals surface area contributed by atoms with Crippen molar-refractivity contribution >= 4 is 69.2 Å². The van der Waals surface area contributed by atoms with E-state index in [1.165, 1.54) is 16.8 Å². The summed E-state index contributed by atoms with van der Waals surface area (Å²) in [5.41, 5.74) is 3.99. The van der Waals surface area contributed by atoms with E-state index >= 15 is 0 Å². The number of hydrogen-bond donors (Lipinski definition) is 3. The van der Waals surface area contributed by atoms with Crippen molar-refractivity contribution in [2.24, 2.45) is 7.05 Å². The summed E-state index contributed by atoms with van der Waals surface area (Å²) in [6.45, 7) is 1.91. The largest absolute Gasteiger partial charge is 0.488 e. The van der Waals surface area contributed by atoms with Gasteiger partial charge in [-0.25, -0.2) is 9.37 Å². The molecule has 0 fully saturated rings. The smallest absolute Gasteiger partial charge is 0.482 e. The Kier molecular flexibility index (Phi) is 8.65. The summed E-state index contributed by atoms with van der Waals surface area (Å²) >= 11 is 6.79. The third-order valence-electron chi connectivity index (χ3n) is 7.90. The zero-order chi connectivity index (χ0) is 33.8. The molecule has 0 spiro atoms. The minimum Gasteiger partial charge on any atom is -0.482 e. The Hall–Kier alpha value is -3.86. The average Bonchev–Trinajstić information content (AvgIpc) is 3.55. The van der Waals surface area contributed by atoms with Gasteiger partial charge in [-0.15, -0.1) is 5.11 Å². The Morgan fingerprint density at radius 3 is 2.51 bits per heavy atom. The molecule has 10 radical (unpaired) electrons. The Balaban J connectivity index is 1.57. The lowest BCUT2D eigenvalue weighted by molar-refractivity contribution is 0.227. The van der Waals surface area contributed by atoms with Crippen molar-refractivity contribution in [2.75, 3.05) is 5.32 Å². The number of benzene rings is 2. The molecule has 3 N–H and O–H groups in total. The molecule has 17 heteroatoms. The second-order valence-electron chi connectivity index (χ2n) is 11.7. The van der Waals surface area contributed by atoms with Crippen molar-refractivity contribution in [1.82, 2.24) is 24.5 Å². The lowest BCUT2D eigenvalue weighted by atomic mass is 9.42. The van der Waals surface area contributed by atoms with E-state index in [1.807, 2.05) is 0 Å². The fraction of sp³-hybridized carbons (Fsp3) is 0.233. The number of anilines is 1. The number of fused-ring (bicyclic) bond motifs is 7. The first-order valence-electron chi connectivity index (χ1n) is 14.5. The summed E-state index contributed by atoms with van der Waals surface area (Å²) in [5, 5.41) is 27.8. The number of nitrogens with zero attached hydrogens (tertiary/aromatic N) is 5. The van der Waals surface area contributed by atoms with Crippen molar-refractivity contribution < 1.29 is 19.2 Å². The molecule has 2 bridgehead atoms. The van der Waals surface area contributed by atoms with Gasteiger partial charge in [0.15, 0.2) is 16.7 Å². The topological polar surface area (TPSA) is 110 Å². The van der Waals surface area contributed by atoms with Gasteiger partial charge in [0.2, 0.25) is 0 Å². The van der Waals surface area contributed by atoms with Crippen LogP contribution in [0, 0.1) is 5.82 Å². The van der Waals surface area contributed by atoms with Crippen molar-refractivity contribution in [2.45, 2.75) is 36.4 Å². The molecule has 3 aromatic heterocycles. The number of aryl methyl sites for hydroxylation is 1. The molecule has 2 aromatic carbocycles. The lowest BCUT2D eigenvalue weighted by Crippen LogP contribution is -2.30. The highest BCUT2D eigenvalue weighted by Gasteiger charge is 2.37. The fourth-order valence-corrected chi connectivity index (χ4v) is 6.06. The second-order valence-corrected chi connectivity index (χ2v) is 12.1. The van der Waals surface area contributed by atoms with Crippen LogP contribution in [0.5, 0.6) is 5.75 Å². The fourth-order valence-electron chi connectivity index (χ4n) is 5.72. The second kappa shape index (κ2) is 12.3. The number of rotatable bonds is 6. The van der Waals surface area contributed by atoms with Gasteiger partial charge in [0.1, 0.15) is 11.9 Å². The average molecular weight is 636 g/mol. The Bertz CT molecular complexity index is 1960. The molecule has 0 saturated carbocycles. The van der Waals surface area contributed by atoms with Crippen LogP contribution < -0.4 is 15.5 Å². The highest BCUT2D eigenvalue weighted by atomic mass is 35.5. The maximum absolute atomic E-state index is 14.8. The number of hydrogen-bond acceptors (Lipinski definition) is 7. The van der Waals surface area contributed by atoms with Gasteiger partial charge in [-0.3, -0.25) is 9.36 Å². The molecule has 0 saturated heterocycles. The molecule has 1 aliphatic rings. The lowest BCUT2D eigenvalue weighted by Gasteiger charge is -2.30. The molecule has 0 aliphatic carbocycles. The highest BCUT2D eigenvalue weighted by Crippen LogP contribution is 2.45. The van der Waals surface area contributed by atoms with E-state index in [1.54, 1.807) is 67.4 Å². The zero-order valence-corrected chi connectivity index (χ0v) is 26.3. The molecule has 4 heterocycles. The van der Waals surface area contributed by atoms with Gasteiger partial charge in [-0.2, -0.15) is 10.2 Å². The summed E-state index contributed by atoms with van der Waals surface area (Å²) in [5.74, 6) is 0.178. The van der Waals surface area contributed by atoms with Crippen LogP contribution >= 0.6 is 11.6 Å². The number of halogens is 2. The van der Waals surface area contributed by atoms with Gasteiger partial charge in [0.25, 0.3) is 0 Å². The molecular weight excluding hydrogens is 612 g/mol. The van der Waals surface area contributed by atoms with E-state index in [2.05, 4.69) is 20.5 Å². The van der Waals surface area contributed by atoms with E-state index < -0.39 is 29.4 Å². The van der Waals surface area contributed by atoms with E-state index in [9.17, 15) is 14.4 Å². The number of nitrogens with one attached hydrogen (secondary N) is 1. The van der Waals surface area contributed by atoms with Crippen LogP contribution in [0.1, 0.15) is 35.3 Å². The third kappa shape index (κ3) is 6.51. The number of pyridine rings is 1. The first-order chi connectivity index (χ1) is 22.1. The molecule has 0 amide bonds. The highest BCUT2D eigenvalue weighted by molar-refractivity contribution is 6.59. The van der Waals surface area contributed by atoms with Crippen LogP contribution in [0.25, 0.3) is 22.5 Å². The summed E-state index contributed by atoms with van der Waals surface area (Å²) < 4.78 is 24.3. The molecule has 6 rings (SSSR count). The van der Waals surface area contributed by atoms with Gasteiger partial charge < -0.3 is 20.1 Å². The molecule has 47 heavy (non-hydrogen) atoms. The van der Waals surface area contributed by atoms with Gasteiger partial charge >= 0.3 is 7.12 Å². The van der Waals surface area contributed by atoms with Gasteiger partial charge in [0.05, 0.1) is 50.6 Å². The number of ether oxygens (including phenoxy) is 1. The maximum Gasteiger partial charge on any atom is 0.488 e. The predicted molar refractivity (Wildman–Crippen MR) is 184 cm³/mol. The van der Waals surface area contributed by atoms with E-state index in [-0.39, 0.29) is 17.3 Å². The molecule has 0 unspecified atom stereocenters. The normalized spacial score (nSPS) is 15.3. The standard InChI is InChI=1S/C30H24B6ClFN6O3/c1-15-21-10-19(38)7-8-20(21)25-22(13-43(2)41-25)30(34,35)24-26(44(42-27(24)37)14-29(31,32)33)17-9-23(47-15)28(40-12-17)39-11-16-3-5-18(6-4-16)36(45)46/h3-10,12-13,15,45-46H,11,14H2,1-2H3,(H,39,40)/t15-/m1/s1. The van der Waals surface area contributed by atoms with Gasteiger partial charge in [0, 0.05) is 54.8 Å². The molecule has 1 aliphatic heterocycles. The van der Waals surface area contributed by atoms with Crippen LogP contribution in [0.15, 0.2) is 60.9 Å². The van der Waals surface area contributed by atoms with Crippen LogP contribution in [0.3, 0.4) is 0 Å². The molecule has 224 valence electrons. The SMILES string of the molecule is [B]C([B])([B])Cn1nc(Cl)c2c1-c1cnc(NCc3ccc(B(O)O)cc3)c(c1)O[C@H](C)c1cc(F)ccc1-c1nn(C)cc1C2([B])[B]. The van der Waals surface area contributed by atoms with Crippen molar-refractivity contribution in [3.8, 4) is 28.3 Å². The van der Waals surface area contributed by atoms with Crippen molar-refractivity contribution in [3.05, 3.63) is 94.1 Å². The zero-order valence-electron chi connectivity index (χ0n) is 25.5. The number of aromatic nitrogens is 5. The Labute approximate surface area is 283 Å². The summed E-state index contributed by atoms with van der Waals surface area (Å²) in [4.78, 5) is 4.67. The van der Waals surface area contributed by atoms with Crippen molar-refractivity contribution in [3.63, 3.8) is 0 Å². The van der Waals surface area contributed by atoms with Crippen LogP contribution in [0.2, 0.25) is 10.3 Å². The van der Waals surface area contributed by atoms with Crippen LogP contribution in [0.4, 0.5) is 10.2 Å². The molecule has 9 nitrogen and oxygen atoms in total. The maximum atomic E-state index is 14.8. The first kappa shape index (κ1) is 33.1. The molecule has 5 aromatic rings. The molecule has 1 atom stereocenters. The third-order valence-corrected chi connectivity index (χ3v) is 8.16.